The Morgan fingerprint density at radius 3 is 2.46 bits per heavy atom. The molecule has 2 atom stereocenters. The number of ether oxygens (including phenoxy) is 1. The maximum atomic E-state index is 11.8. The predicted molar refractivity (Wildman–Crippen MR) is 97.6 cm³/mol. The average molecular weight is 354 g/mol. The van der Waals surface area contributed by atoms with Gasteiger partial charge in [0, 0.05) is 37.7 Å². The number of amides is 2. The summed E-state index contributed by atoms with van der Waals surface area (Å²) in [4.78, 5) is 14.2. The highest BCUT2D eigenvalue weighted by molar-refractivity contribution is 6.30. The molecular weight excluding hydrogens is 326 g/mol. The molecule has 2 N–H and O–H groups in total. The van der Waals surface area contributed by atoms with Crippen LogP contribution >= 0.6 is 11.6 Å². The molecule has 0 aliphatic carbocycles. The van der Waals surface area contributed by atoms with E-state index < -0.39 is 0 Å². The Kier molecular flexibility index (Phi) is 7.82. The predicted octanol–water partition coefficient (Wildman–Crippen LogP) is 2.68. The van der Waals surface area contributed by atoms with Crippen molar-refractivity contribution in [2.75, 3.05) is 32.7 Å². The van der Waals surface area contributed by atoms with E-state index in [2.05, 4.69) is 29.4 Å². The number of urea groups is 1. The summed E-state index contributed by atoms with van der Waals surface area (Å²) in [5.74, 6) is 0. The Labute approximate surface area is 149 Å². The smallest absolute Gasteiger partial charge is 0.314 e. The highest BCUT2D eigenvalue weighted by atomic mass is 35.5. The van der Waals surface area contributed by atoms with Crippen LogP contribution in [0.15, 0.2) is 24.3 Å². The lowest BCUT2D eigenvalue weighted by Crippen LogP contribution is -2.46. The molecule has 24 heavy (non-hydrogen) atoms. The van der Waals surface area contributed by atoms with Crippen LogP contribution in [0.3, 0.4) is 0 Å². The van der Waals surface area contributed by atoms with Crippen LogP contribution in [0.25, 0.3) is 0 Å². The maximum absolute atomic E-state index is 11.8. The van der Waals surface area contributed by atoms with Gasteiger partial charge in [0.05, 0.1) is 12.2 Å². The normalized spacial score (nSPS) is 21.5. The molecule has 1 aromatic carbocycles. The Morgan fingerprint density at radius 2 is 1.79 bits per heavy atom. The fourth-order valence-electron chi connectivity index (χ4n) is 3.01. The van der Waals surface area contributed by atoms with Crippen LogP contribution < -0.4 is 10.6 Å². The Morgan fingerprint density at radius 1 is 1.17 bits per heavy atom. The summed E-state index contributed by atoms with van der Waals surface area (Å²) >= 11 is 5.85. The molecule has 0 bridgehead atoms. The zero-order valence-corrected chi connectivity index (χ0v) is 15.3. The first-order valence-corrected chi connectivity index (χ1v) is 9.04. The minimum absolute atomic E-state index is 0.104. The van der Waals surface area contributed by atoms with E-state index in [4.69, 9.17) is 16.3 Å². The van der Waals surface area contributed by atoms with Crippen LogP contribution in [0, 0.1) is 0 Å². The number of rotatable bonds is 7. The van der Waals surface area contributed by atoms with Crippen molar-refractivity contribution in [1.29, 1.82) is 0 Å². The molecule has 1 heterocycles. The van der Waals surface area contributed by atoms with E-state index in [0.717, 1.165) is 43.1 Å². The third-order valence-electron chi connectivity index (χ3n) is 4.04. The largest absolute Gasteiger partial charge is 0.373 e. The summed E-state index contributed by atoms with van der Waals surface area (Å²) in [6, 6.07) is 7.58. The van der Waals surface area contributed by atoms with Crippen LogP contribution in [0.2, 0.25) is 5.02 Å². The first kappa shape index (κ1) is 19.0. The number of benzene rings is 1. The lowest BCUT2D eigenvalue weighted by atomic mass is 10.1. The van der Waals surface area contributed by atoms with Crippen molar-refractivity contribution in [2.24, 2.45) is 0 Å². The molecule has 0 radical (unpaired) electrons. The van der Waals surface area contributed by atoms with Crippen molar-refractivity contribution >= 4 is 17.6 Å². The van der Waals surface area contributed by atoms with Gasteiger partial charge >= 0.3 is 6.03 Å². The van der Waals surface area contributed by atoms with Crippen molar-refractivity contribution in [3.63, 3.8) is 0 Å². The molecule has 1 aliphatic heterocycles. The van der Waals surface area contributed by atoms with Gasteiger partial charge in [-0.3, -0.25) is 4.90 Å². The van der Waals surface area contributed by atoms with Gasteiger partial charge in [-0.05, 0) is 44.4 Å². The van der Waals surface area contributed by atoms with Gasteiger partial charge in [-0.2, -0.15) is 0 Å². The number of morpholine rings is 1. The Balaban J connectivity index is 1.52. The van der Waals surface area contributed by atoms with Gasteiger partial charge in [-0.15, -0.1) is 0 Å². The topological polar surface area (TPSA) is 53.6 Å². The highest BCUT2D eigenvalue weighted by Crippen LogP contribution is 2.10. The minimum Gasteiger partial charge on any atom is -0.373 e. The van der Waals surface area contributed by atoms with Gasteiger partial charge in [-0.1, -0.05) is 23.7 Å². The number of carbonyl (C=O) groups is 1. The van der Waals surface area contributed by atoms with Crippen molar-refractivity contribution in [3.8, 4) is 0 Å². The van der Waals surface area contributed by atoms with Gasteiger partial charge in [0.1, 0.15) is 0 Å². The number of hydrogen-bond donors (Lipinski definition) is 2. The molecule has 0 unspecified atom stereocenters. The zero-order valence-electron chi connectivity index (χ0n) is 14.6. The summed E-state index contributed by atoms with van der Waals surface area (Å²) in [5, 5.41) is 6.52. The van der Waals surface area contributed by atoms with Gasteiger partial charge in [0.2, 0.25) is 0 Å². The molecule has 1 aliphatic rings. The number of nitrogens with one attached hydrogen (secondary N) is 2. The minimum atomic E-state index is -0.104. The van der Waals surface area contributed by atoms with Gasteiger partial charge in [0.25, 0.3) is 0 Å². The first-order chi connectivity index (χ1) is 11.5. The number of nitrogens with zero attached hydrogens (tertiary/aromatic N) is 1. The summed E-state index contributed by atoms with van der Waals surface area (Å²) in [6.07, 6.45) is 2.33. The summed E-state index contributed by atoms with van der Waals surface area (Å²) in [5.41, 5.74) is 1.16. The van der Waals surface area contributed by atoms with Crippen molar-refractivity contribution in [1.82, 2.24) is 15.5 Å². The second-order valence-corrected chi connectivity index (χ2v) is 6.87. The summed E-state index contributed by atoms with van der Waals surface area (Å²) in [7, 11) is 0. The lowest BCUT2D eigenvalue weighted by molar-refractivity contribution is -0.0679. The monoisotopic (exact) mass is 353 g/mol. The molecule has 5 nitrogen and oxygen atoms in total. The van der Waals surface area contributed by atoms with Gasteiger partial charge < -0.3 is 15.4 Å². The highest BCUT2D eigenvalue weighted by Gasteiger charge is 2.21. The van der Waals surface area contributed by atoms with Crippen LogP contribution in [-0.4, -0.2) is 55.9 Å². The summed E-state index contributed by atoms with van der Waals surface area (Å²) in [6.45, 7) is 8.45. The molecule has 1 fully saturated rings. The maximum Gasteiger partial charge on any atom is 0.314 e. The number of halogens is 1. The van der Waals surface area contributed by atoms with Crippen molar-refractivity contribution in [3.05, 3.63) is 34.9 Å². The Hall–Kier alpha value is -1.30. The van der Waals surface area contributed by atoms with Crippen molar-refractivity contribution < 1.29 is 9.53 Å². The first-order valence-electron chi connectivity index (χ1n) is 8.67. The van der Waals surface area contributed by atoms with E-state index in [1.807, 2.05) is 24.3 Å². The molecule has 0 saturated carbocycles. The Bertz CT molecular complexity index is 499. The van der Waals surface area contributed by atoms with E-state index in [0.29, 0.717) is 13.1 Å². The zero-order chi connectivity index (χ0) is 17.4. The molecule has 0 spiro atoms. The SMILES string of the molecule is C[C@@H]1CN(CCCNC(=O)NCCc2ccc(Cl)cc2)C[C@H](C)O1. The molecule has 6 heteroatoms. The molecule has 134 valence electrons. The second-order valence-electron chi connectivity index (χ2n) is 6.43. The van der Waals surface area contributed by atoms with E-state index in [1.54, 1.807) is 0 Å². The fourth-order valence-corrected chi connectivity index (χ4v) is 3.13. The third kappa shape index (κ3) is 7.07. The summed E-state index contributed by atoms with van der Waals surface area (Å²) < 4.78 is 5.72. The van der Waals surface area contributed by atoms with Crippen LogP contribution in [-0.2, 0) is 11.2 Å². The molecule has 0 aromatic heterocycles. The molecule has 1 saturated heterocycles. The van der Waals surface area contributed by atoms with Crippen molar-refractivity contribution in [2.45, 2.75) is 38.9 Å². The molecule has 2 amide bonds. The average Bonchev–Trinajstić information content (AvgIpc) is 2.53. The molecule has 2 rings (SSSR count). The lowest BCUT2D eigenvalue weighted by Gasteiger charge is -2.35. The van der Waals surface area contributed by atoms with Crippen LogP contribution in [0.1, 0.15) is 25.8 Å². The number of carbonyl (C=O) groups excluding carboxylic acids is 1. The van der Waals surface area contributed by atoms with E-state index in [9.17, 15) is 4.79 Å². The standard InChI is InChI=1S/C18H28ClN3O2/c1-14-12-22(13-15(2)24-14)11-3-9-20-18(23)21-10-8-16-4-6-17(19)7-5-16/h4-7,14-15H,3,8-13H2,1-2H3,(H2,20,21,23)/t14-,15+. The number of hydrogen-bond acceptors (Lipinski definition) is 3. The van der Waals surface area contributed by atoms with E-state index >= 15 is 0 Å². The third-order valence-corrected chi connectivity index (χ3v) is 4.30. The van der Waals surface area contributed by atoms with Crippen LogP contribution in [0.4, 0.5) is 4.79 Å². The second kappa shape index (κ2) is 9.87. The van der Waals surface area contributed by atoms with Crippen LogP contribution in [0.5, 0.6) is 0 Å². The van der Waals surface area contributed by atoms with E-state index in [-0.39, 0.29) is 18.2 Å². The van der Waals surface area contributed by atoms with Gasteiger partial charge in [0.15, 0.2) is 0 Å². The quantitative estimate of drug-likeness (QED) is 0.741. The molecular formula is C18H28ClN3O2. The molecule has 1 aromatic rings. The van der Waals surface area contributed by atoms with E-state index in [1.165, 1.54) is 0 Å². The van der Waals surface area contributed by atoms with Gasteiger partial charge in [-0.25, -0.2) is 4.79 Å². The fraction of sp³-hybridized carbons (Fsp3) is 0.611.